The van der Waals surface area contributed by atoms with Crippen LogP contribution in [0.2, 0.25) is 5.02 Å². The second-order valence-corrected chi connectivity index (χ2v) is 7.81. The summed E-state index contributed by atoms with van der Waals surface area (Å²) in [6, 6.07) is 21.7. The summed E-state index contributed by atoms with van der Waals surface area (Å²) in [6.07, 6.45) is 0. The lowest BCUT2D eigenvalue weighted by Crippen LogP contribution is -2.41. The van der Waals surface area contributed by atoms with E-state index in [4.69, 9.17) is 11.6 Å². The number of aromatic nitrogens is 2. The first-order valence-electron chi connectivity index (χ1n) is 10.3. The standard InChI is InChI=1S/C25H22ClN3O3/c1-2-28-21-9-5-6-10-22(21)29(25(32)24(28)31)16-17-11-13-18(14-12-17)23(30)27-15-19-7-3-4-8-20(19)26/h3-14H,2,15-16H2,1H3,(H,27,30). The molecule has 0 atom stereocenters. The molecular weight excluding hydrogens is 426 g/mol. The van der Waals surface area contributed by atoms with Crippen LogP contribution in [0.3, 0.4) is 0 Å². The third-order valence-electron chi connectivity index (χ3n) is 5.41. The molecule has 1 heterocycles. The van der Waals surface area contributed by atoms with Crippen LogP contribution in [0.15, 0.2) is 82.4 Å². The number of hydrogen-bond acceptors (Lipinski definition) is 3. The lowest BCUT2D eigenvalue weighted by Gasteiger charge is -2.14. The highest BCUT2D eigenvalue weighted by atomic mass is 35.5. The fourth-order valence-electron chi connectivity index (χ4n) is 3.70. The molecule has 0 aliphatic heterocycles. The summed E-state index contributed by atoms with van der Waals surface area (Å²) in [4.78, 5) is 37.8. The number of nitrogens with zero attached hydrogens (tertiary/aromatic N) is 2. The second-order valence-electron chi connectivity index (χ2n) is 7.40. The molecule has 0 aliphatic rings. The molecule has 0 fully saturated rings. The van der Waals surface area contributed by atoms with Gasteiger partial charge < -0.3 is 9.88 Å². The molecule has 0 saturated heterocycles. The maximum absolute atomic E-state index is 12.7. The van der Waals surface area contributed by atoms with Gasteiger partial charge in [-0.2, -0.15) is 0 Å². The van der Waals surface area contributed by atoms with Gasteiger partial charge in [-0.05, 0) is 48.4 Å². The van der Waals surface area contributed by atoms with Crippen LogP contribution < -0.4 is 16.4 Å². The third kappa shape index (κ3) is 4.22. The van der Waals surface area contributed by atoms with Gasteiger partial charge >= 0.3 is 11.1 Å². The zero-order valence-electron chi connectivity index (χ0n) is 17.5. The lowest BCUT2D eigenvalue weighted by atomic mass is 10.1. The van der Waals surface area contributed by atoms with Gasteiger partial charge in [-0.25, -0.2) is 0 Å². The molecule has 0 unspecified atom stereocenters. The van der Waals surface area contributed by atoms with Gasteiger partial charge in [-0.3, -0.25) is 19.0 Å². The van der Waals surface area contributed by atoms with Crippen molar-refractivity contribution in [2.75, 3.05) is 0 Å². The minimum atomic E-state index is -0.563. The van der Waals surface area contributed by atoms with Crippen molar-refractivity contribution in [3.63, 3.8) is 0 Å². The van der Waals surface area contributed by atoms with Gasteiger partial charge in [-0.1, -0.05) is 54.1 Å². The molecule has 0 radical (unpaired) electrons. The number of hydrogen-bond donors (Lipinski definition) is 1. The normalized spacial score (nSPS) is 10.9. The monoisotopic (exact) mass is 447 g/mol. The summed E-state index contributed by atoms with van der Waals surface area (Å²) in [5, 5.41) is 3.46. The van der Waals surface area contributed by atoms with Crippen molar-refractivity contribution in [3.8, 4) is 0 Å². The first-order valence-corrected chi connectivity index (χ1v) is 10.7. The topological polar surface area (TPSA) is 73.1 Å². The Morgan fingerprint density at radius 2 is 1.44 bits per heavy atom. The molecule has 3 aromatic carbocycles. The summed E-state index contributed by atoms with van der Waals surface area (Å²) in [5.41, 5.74) is 2.46. The van der Waals surface area contributed by atoms with E-state index < -0.39 is 11.1 Å². The van der Waals surface area contributed by atoms with Gasteiger partial charge in [0.2, 0.25) is 0 Å². The number of carbonyl (C=O) groups is 1. The van der Waals surface area contributed by atoms with Crippen molar-refractivity contribution in [2.24, 2.45) is 0 Å². The number of benzene rings is 3. The van der Waals surface area contributed by atoms with Gasteiger partial charge in [0, 0.05) is 23.7 Å². The number of rotatable bonds is 6. The maximum atomic E-state index is 12.7. The number of halogens is 1. The summed E-state index contributed by atoms with van der Waals surface area (Å²) < 4.78 is 2.97. The molecule has 1 N–H and O–H groups in total. The Morgan fingerprint density at radius 3 is 2.09 bits per heavy atom. The van der Waals surface area contributed by atoms with Gasteiger partial charge in [0.15, 0.2) is 0 Å². The fraction of sp³-hybridized carbons (Fsp3) is 0.160. The van der Waals surface area contributed by atoms with E-state index in [9.17, 15) is 14.4 Å². The highest BCUT2D eigenvalue weighted by Gasteiger charge is 2.13. The van der Waals surface area contributed by atoms with Gasteiger partial charge in [0.25, 0.3) is 5.91 Å². The Hall–Kier alpha value is -3.64. The number of carbonyl (C=O) groups excluding carboxylic acids is 1. The van der Waals surface area contributed by atoms with Crippen molar-refractivity contribution >= 4 is 28.5 Å². The molecule has 0 spiro atoms. The van der Waals surface area contributed by atoms with Crippen molar-refractivity contribution in [1.29, 1.82) is 0 Å². The molecular formula is C25H22ClN3O3. The van der Waals surface area contributed by atoms with E-state index in [0.29, 0.717) is 29.2 Å². The predicted octanol–water partition coefficient (Wildman–Crippen LogP) is 3.81. The zero-order valence-corrected chi connectivity index (χ0v) is 18.3. The average molecular weight is 448 g/mol. The van der Waals surface area contributed by atoms with Crippen LogP contribution in [0.1, 0.15) is 28.4 Å². The van der Waals surface area contributed by atoms with E-state index in [-0.39, 0.29) is 12.5 Å². The van der Waals surface area contributed by atoms with E-state index >= 15 is 0 Å². The summed E-state index contributed by atoms with van der Waals surface area (Å²) in [6.45, 7) is 2.83. The van der Waals surface area contributed by atoms with Gasteiger partial charge in [-0.15, -0.1) is 0 Å². The first kappa shape index (κ1) is 21.6. The van der Waals surface area contributed by atoms with Crippen LogP contribution in [0.5, 0.6) is 0 Å². The van der Waals surface area contributed by atoms with E-state index in [2.05, 4.69) is 5.32 Å². The molecule has 32 heavy (non-hydrogen) atoms. The Balaban J connectivity index is 1.56. The predicted molar refractivity (Wildman–Crippen MR) is 126 cm³/mol. The number of para-hydroxylation sites is 2. The zero-order chi connectivity index (χ0) is 22.7. The molecule has 1 amide bonds. The summed E-state index contributed by atoms with van der Waals surface area (Å²) >= 11 is 6.13. The smallest absolute Gasteiger partial charge is 0.317 e. The lowest BCUT2D eigenvalue weighted by molar-refractivity contribution is 0.0951. The number of nitrogens with one attached hydrogen (secondary N) is 1. The van der Waals surface area contributed by atoms with E-state index in [1.54, 1.807) is 30.3 Å². The Bertz CT molecular complexity index is 1400. The molecule has 0 aliphatic carbocycles. The SMILES string of the molecule is CCn1c(=O)c(=O)n(Cc2ccc(C(=O)NCc3ccccc3Cl)cc2)c2ccccc21. The summed E-state index contributed by atoms with van der Waals surface area (Å²) in [7, 11) is 0. The quantitative estimate of drug-likeness (QED) is 0.457. The molecule has 1 aromatic heterocycles. The minimum absolute atomic E-state index is 0.218. The largest absolute Gasteiger partial charge is 0.348 e. The van der Waals surface area contributed by atoms with Crippen molar-refractivity contribution in [3.05, 3.63) is 115 Å². The van der Waals surface area contributed by atoms with E-state index in [1.165, 1.54) is 9.13 Å². The highest BCUT2D eigenvalue weighted by Crippen LogP contribution is 2.15. The van der Waals surface area contributed by atoms with Crippen LogP contribution in [0, 0.1) is 0 Å². The van der Waals surface area contributed by atoms with E-state index in [1.807, 2.05) is 49.4 Å². The third-order valence-corrected chi connectivity index (χ3v) is 5.78. The average Bonchev–Trinajstić information content (AvgIpc) is 2.82. The maximum Gasteiger partial charge on any atom is 0.317 e. The highest BCUT2D eigenvalue weighted by molar-refractivity contribution is 6.31. The Morgan fingerprint density at radius 1 is 0.844 bits per heavy atom. The van der Waals surface area contributed by atoms with Crippen LogP contribution >= 0.6 is 11.6 Å². The molecule has 162 valence electrons. The van der Waals surface area contributed by atoms with Gasteiger partial charge in [0.1, 0.15) is 0 Å². The van der Waals surface area contributed by atoms with Crippen molar-refractivity contribution < 1.29 is 4.79 Å². The summed E-state index contributed by atoms with van der Waals surface area (Å²) in [5.74, 6) is -0.218. The first-order chi connectivity index (χ1) is 15.5. The molecule has 0 bridgehead atoms. The van der Waals surface area contributed by atoms with Crippen molar-refractivity contribution in [1.82, 2.24) is 14.5 Å². The Labute approximate surface area is 189 Å². The molecule has 6 nitrogen and oxygen atoms in total. The van der Waals surface area contributed by atoms with Crippen LogP contribution in [-0.4, -0.2) is 15.0 Å². The minimum Gasteiger partial charge on any atom is -0.348 e. The van der Waals surface area contributed by atoms with Crippen LogP contribution in [-0.2, 0) is 19.6 Å². The fourth-order valence-corrected chi connectivity index (χ4v) is 3.91. The number of fused-ring (bicyclic) bond motifs is 1. The van der Waals surface area contributed by atoms with Crippen LogP contribution in [0.25, 0.3) is 11.0 Å². The van der Waals surface area contributed by atoms with Crippen LogP contribution in [0.4, 0.5) is 0 Å². The second kappa shape index (κ2) is 9.24. The molecule has 4 aromatic rings. The Kier molecular flexibility index (Phi) is 6.23. The molecule has 0 saturated carbocycles. The molecule has 4 rings (SSSR count). The van der Waals surface area contributed by atoms with Gasteiger partial charge in [0.05, 0.1) is 17.6 Å². The van der Waals surface area contributed by atoms with E-state index in [0.717, 1.165) is 16.6 Å². The number of aryl methyl sites for hydroxylation is 1. The van der Waals surface area contributed by atoms with Crippen molar-refractivity contribution in [2.45, 2.75) is 26.6 Å². The molecule has 7 heteroatoms. The number of amides is 1.